The fraction of sp³-hybridized carbons (Fsp3) is 0.391. The summed E-state index contributed by atoms with van der Waals surface area (Å²) in [7, 11) is 0. The van der Waals surface area contributed by atoms with Crippen LogP contribution < -0.4 is 16.8 Å². The average molecular weight is 472 g/mol. The maximum Gasteiger partial charge on any atom is 0.332 e. The second-order valence-corrected chi connectivity index (χ2v) is 8.36. The van der Waals surface area contributed by atoms with Crippen LogP contribution >= 0.6 is 11.6 Å². The van der Waals surface area contributed by atoms with Crippen molar-refractivity contribution < 1.29 is 5.11 Å². The Labute approximate surface area is 194 Å². The van der Waals surface area contributed by atoms with E-state index >= 15 is 0 Å². The van der Waals surface area contributed by atoms with Gasteiger partial charge in [-0.15, -0.1) is 0 Å². The van der Waals surface area contributed by atoms with Gasteiger partial charge in [0.05, 0.1) is 12.1 Å². The molecular formula is C23H26ClN5O4. The van der Waals surface area contributed by atoms with Gasteiger partial charge in [-0.3, -0.25) is 23.3 Å². The molecule has 0 bridgehead atoms. The number of aromatic nitrogens is 5. The number of benzene rings is 1. The Hall–Kier alpha value is -3.33. The van der Waals surface area contributed by atoms with Crippen LogP contribution in [0.25, 0.3) is 16.9 Å². The van der Waals surface area contributed by atoms with Crippen LogP contribution in [0.15, 0.2) is 38.6 Å². The van der Waals surface area contributed by atoms with Gasteiger partial charge in [-0.2, -0.15) is 4.98 Å². The molecule has 4 rings (SSSR count). The highest BCUT2D eigenvalue weighted by molar-refractivity contribution is 6.30. The Balaban J connectivity index is 2.17. The van der Waals surface area contributed by atoms with Crippen LogP contribution in [0.1, 0.15) is 44.7 Å². The second-order valence-electron chi connectivity index (χ2n) is 7.92. The lowest BCUT2D eigenvalue weighted by Crippen LogP contribution is -2.39. The molecule has 4 aromatic rings. The molecule has 0 aliphatic rings. The third-order valence-electron chi connectivity index (χ3n) is 5.90. The highest BCUT2D eigenvalue weighted by atomic mass is 35.5. The number of hydrogen-bond acceptors (Lipinski definition) is 5. The zero-order valence-corrected chi connectivity index (χ0v) is 19.6. The molecule has 0 radical (unpaired) electrons. The second kappa shape index (κ2) is 8.90. The van der Waals surface area contributed by atoms with E-state index in [0.717, 1.165) is 16.6 Å². The number of halogens is 1. The maximum atomic E-state index is 13.5. The minimum atomic E-state index is -0.553. The largest absolute Gasteiger partial charge is 0.494 e. The first-order chi connectivity index (χ1) is 15.8. The molecule has 1 aromatic carbocycles. The van der Waals surface area contributed by atoms with Crippen molar-refractivity contribution in [1.29, 1.82) is 0 Å². The van der Waals surface area contributed by atoms with Gasteiger partial charge in [-0.1, -0.05) is 37.1 Å². The molecule has 0 saturated heterocycles. The quantitative estimate of drug-likeness (QED) is 0.446. The summed E-state index contributed by atoms with van der Waals surface area (Å²) in [6.45, 7) is 6.11. The number of fused-ring (bicyclic) bond motifs is 3. The molecule has 0 aliphatic heterocycles. The van der Waals surface area contributed by atoms with Crippen LogP contribution in [0.3, 0.4) is 0 Å². The number of hydrogen-bond donors (Lipinski definition) is 1. The van der Waals surface area contributed by atoms with Crippen LogP contribution in [-0.2, 0) is 26.1 Å². The van der Waals surface area contributed by atoms with Gasteiger partial charge in [0.25, 0.3) is 11.1 Å². The van der Waals surface area contributed by atoms with Crippen LogP contribution in [-0.4, -0.2) is 28.2 Å². The fourth-order valence-electron chi connectivity index (χ4n) is 4.15. The van der Waals surface area contributed by atoms with Crippen molar-refractivity contribution in [3.63, 3.8) is 0 Å². The van der Waals surface area contributed by atoms with E-state index in [1.807, 2.05) is 6.92 Å². The van der Waals surface area contributed by atoms with Gasteiger partial charge in [0.2, 0.25) is 11.7 Å². The molecule has 174 valence electrons. The molecule has 10 heteroatoms. The van der Waals surface area contributed by atoms with E-state index in [1.54, 1.807) is 38.1 Å². The van der Waals surface area contributed by atoms with E-state index < -0.39 is 11.2 Å². The summed E-state index contributed by atoms with van der Waals surface area (Å²) in [5.74, 6) is -0.199. The van der Waals surface area contributed by atoms with Gasteiger partial charge in [-0.05, 0) is 44.4 Å². The van der Waals surface area contributed by atoms with E-state index in [0.29, 0.717) is 17.9 Å². The monoisotopic (exact) mass is 471 g/mol. The number of unbranched alkanes of at least 4 members (excludes halogenated alkanes) is 1. The predicted octanol–water partition coefficient (Wildman–Crippen LogP) is 2.76. The fourth-order valence-corrected chi connectivity index (χ4v) is 4.27. The van der Waals surface area contributed by atoms with Crippen molar-refractivity contribution in [2.75, 3.05) is 0 Å². The highest BCUT2D eigenvalue weighted by Crippen LogP contribution is 2.23. The summed E-state index contributed by atoms with van der Waals surface area (Å²) in [5, 5.41) is 11.7. The molecule has 33 heavy (non-hydrogen) atoms. The van der Waals surface area contributed by atoms with Gasteiger partial charge in [0, 0.05) is 18.1 Å². The normalized spacial score (nSPS) is 11.6. The average Bonchev–Trinajstić information content (AvgIpc) is 3.19. The Morgan fingerprint density at radius 3 is 2.21 bits per heavy atom. The number of imidazole rings is 1. The first-order valence-corrected chi connectivity index (χ1v) is 11.5. The van der Waals surface area contributed by atoms with Gasteiger partial charge < -0.3 is 5.11 Å². The van der Waals surface area contributed by atoms with Crippen molar-refractivity contribution in [1.82, 2.24) is 23.1 Å². The first-order valence-electron chi connectivity index (χ1n) is 11.1. The summed E-state index contributed by atoms with van der Waals surface area (Å²) in [6, 6.07) is 7.07. The summed E-state index contributed by atoms with van der Waals surface area (Å²) < 4.78 is 5.25. The molecule has 3 aromatic heterocycles. The van der Waals surface area contributed by atoms with Crippen LogP contribution in [0.4, 0.5) is 0 Å². The van der Waals surface area contributed by atoms with Crippen molar-refractivity contribution >= 4 is 28.5 Å². The molecule has 0 saturated carbocycles. The Morgan fingerprint density at radius 1 is 0.939 bits per heavy atom. The predicted molar refractivity (Wildman–Crippen MR) is 128 cm³/mol. The third kappa shape index (κ3) is 3.66. The maximum absolute atomic E-state index is 13.5. The summed E-state index contributed by atoms with van der Waals surface area (Å²) >= 11 is 6.00. The molecule has 0 aliphatic carbocycles. The van der Waals surface area contributed by atoms with E-state index in [4.69, 9.17) is 11.6 Å². The topological polar surface area (TPSA) is 104 Å². The SMILES string of the molecule is CCCCc1c(O)n2c3c(=O)n(CC)c(=O)n(CC)c3nc2n(Cc2ccc(Cl)cc2)c1=O. The van der Waals surface area contributed by atoms with Crippen molar-refractivity contribution in [2.24, 2.45) is 0 Å². The molecule has 0 fully saturated rings. The number of rotatable bonds is 7. The van der Waals surface area contributed by atoms with Gasteiger partial charge >= 0.3 is 5.69 Å². The highest BCUT2D eigenvalue weighted by Gasteiger charge is 2.25. The smallest absolute Gasteiger partial charge is 0.332 e. The summed E-state index contributed by atoms with van der Waals surface area (Å²) in [5.41, 5.74) is -0.158. The van der Waals surface area contributed by atoms with E-state index in [1.165, 1.54) is 13.5 Å². The van der Waals surface area contributed by atoms with E-state index in [9.17, 15) is 19.5 Å². The summed E-state index contributed by atoms with van der Waals surface area (Å²) in [4.78, 5) is 44.1. The van der Waals surface area contributed by atoms with Crippen molar-refractivity contribution in [2.45, 2.75) is 59.7 Å². The zero-order valence-electron chi connectivity index (χ0n) is 18.8. The van der Waals surface area contributed by atoms with Crippen LogP contribution in [0, 0.1) is 0 Å². The minimum Gasteiger partial charge on any atom is -0.494 e. The summed E-state index contributed by atoms with van der Waals surface area (Å²) in [6.07, 6.45) is 1.88. The van der Waals surface area contributed by atoms with E-state index in [-0.39, 0.29) is 53.6 Å². The first kappa shape index (κ1) is 22.8. The van der Waals surface area contributed by atoms with Gasteiger partial charge in [-0.25, -0.2) is 9.20 Å². The van der Waals surface area contributed by atoms with Gasteiger partial charge in [0.15, 0.2) is 11.2 Å². The molecule has 0 amide bonds. The van der Waals surface area contributed by atoms with Crippen LogP contribution in [0.5, 0.6) is 5.88 Å². The zero-order chi connectivity index (χ0) is 23.9. The Bertz CT molecular complexity index is 1530. The number of aromatic hydroxyl groups is 1. The molecule has 3 heterocycles. The number of nitrogens with zero attached hydrogens (tertiary/aromatic N) is 5. The molecule has 0 spiro atoms. The minimum absolute atomic E-state index is 0.0772. The lowest BCUT2D eigenvalue weighted by atomic mass is 10.1. The lowest BCUT2D eigenvalue weighted by Gasteiger charge is -2.13. The van der Waals surface area contributed by atoms with Crippen molar-refractivity contribution in [3.05, 3.63) is 71.6 Å². The molecule has 0 atom stereocenters. The lowest BCUT2D eigenvalue weighted by molar-refractivity contribution is 0.432. The molecular weight excluding hydrogens is 446 g/mol. The molecule has 9 nitrogen and oxygen atoms in total. The Kier molecular flexibility index (Phi) is 6.16. The number of aryl methyl sites for hydroxylation is 1. The standard InChI is InChI=1S/C23H26ClN5O4/c1-4-7-8-16-19(30)28(13-14-9-11-15(24)12-10-14)22-25-18-17(29(22)20(16)31)21(32)27(6-3)23(33)26(18)5-2/h9-12,31H,4-8,13H2,1-3H3. The third-order valence-corrected chi connectivity index (χ3v) is 6.15. The molecule has 1 N–H and O–H groups in total. The Morgan fingerprint density at radius 2 is 1.61 bits per heavy atom. The van der Waals surface area contributed by atoms with E-state index in [2.05, 4.69) is 4.98 Å². The van der Waals surface area contributed by atoms with Crippen molar-refractivity contribution in [3.8, 4) is 5.88 Å². The van der Waals surface area contributed by atoms with Gasteiger partial charge in [0.1, 0.15) is 0 Å². The van der Waals surface area contributed by atoms with Crippen LogP contribution in [0.2, 0.25) is 5.02 Å². The molecule has 0 unspecified atom stereocenters.